The highest BCUT2D eigenvalue weighted by Gasteiger charge is 1.98. The van der Waals surface area contributed by atoms with Gasteiger partial charge in [0.25, 0.3) is 10.1 Å². The minimum Gasteiger partial charge on any atom is -0.379 e. The van der Waals surface area contributed by atoms with E-state index in [1.54, 1.807) is 0 Å². The highest BCUT2D eigenvalue weighted by atomic mass is 32.2. The second-order valence-corrected chi connectivity index (χ2v) is 2.73. The van der Waals surface area contributed by atoms with Crippen LogP contribution in [0.4, 0.5) is 0 Å². The van der Waals surface area contributed by atoms with Gasteiger partial charge in [0.15, 0.2) is 5.34 Å². The fourth-order valence-corrected chi connectivity index (χ4v) is 0.447. The van der Waals surface area contributed by atoms with Crippen LogP contribution in [0.1, 0.15) is 0 Å². The van der Waals surface area contributed by atoms with Gasteiger partial charge in [-0.1, -0.05) is 0 Å². The zero-order valence-electron chi connectivity index (χ0n) is 4.97. The highest BCUT2D eigenvalue weighted by molar-refractivity contribution is 7.85. The summed E-state index contributed by atoms with van der Waals surface area (Å²) in [5.74, 6) is -0.354. The molecule has 0 spiro atoms. The molecule has 10 heavy (non-hydrogen) atoms. The number of hydrogen-bond donors (Lipinski definition) is 3. The van der Waals surface area contributed by atoms with E-state index in [0.29, 0.717) is 0 Å². The van der Waals surface area contributed by atoms with Crippen LogP contribution in [-0.2, 0) is 10.1 Å². The molecule has 0 aromatic rings. The maximum Gasteiger partial charge on any atom is 0.266 e. The highest BCUT2D eigenvalue weighted by Crippen LogP contribution is 1.74. The Bertz CT molecular complexity index is 162. The van der Waals surface area contributed by atoms with Crippen LogP contribution in [0.15, 0.2) is 5.34 Å². The van der Waals surface area contributed by atoms with Crippen molar-refractivity contribution in [2.45, 2.75) is 0 Å². The molecule has 4 N–H and O–H groups in total. The van der Waals surface area contributed by atoms with Gasteiger partial charge in [-0.25, -0.2) is 0 Å². The molecule has 0 heterocycles. The van der Waals surface area contributed by atoms with Crippen LogP contribution in [0.5, 0.6) is 0 Å². The summed E-state index contributed by atoms with van der Waals surface area (Å²) in [7, 11) is -3.80. The first-order chi connectivity index (χ1) is 4.47. The van der Waals surface area contributed by atoms with E-state index in [2.05, 4.69) is 0 Å². The van der Waals surface area contributed by atoms with Crippen molar-refractivity contribution in [3.05, 3.63) is 4.91 Å². The van der Waals surface area contributed by atoms with Gasteiger partial charge in [-0.15, -0.1) is 4.91 Å². The van der Waals surface area contributed by atoms with Crippen LogP contribution in [0.25, 0.3) is 0 Å². The lowest BCUT2D eigenvalue weighted by Crippen LogP contribution is -2.13. The third-order valence-corrected chi connectivity index (χ3v) is 1.13. The van der Waals surface area contributed by atoms with Crippen molar-refractivity contribution < 1.29 is 18.2 Å². The van der Waals surface area contributed by atoms with Gasteiger partial charge in [0.05, 0.1) is 5.75 Å². The monoisotopic (exact) mass is 172 g/mol. The second-order valence-electron chi connectivity index (χ2n) is 1.16. The van der Waals surface area contributed by atoms with Crippen LogP contribution in [0.2, 0.25) is 0 Å². The Morgan fingerprint density at radius 1 is 1.50 bits per heavy atom. The summed E-state index contributed by atoms with van der Waals surface area (Å²) in [5.41, 5.74) is 4.78. The van der Waals surface area contributed by atoms with E-state index in [9.17, 15) is 8.42 Å². The van der Waals surface area contributed by atoms with E-state index in [0.717, 1.165) is 0 Å². The number of nitrogens with two attached hydrogens (primary N) is 1. The summed E-state index contributed by atoms with van der Waals surface area (Å²) >= 11 is 0. The fraction of sp³-hybridized carbons (Fsp3) is 1.00. The van der Waals surface area contributed by atoms with Crippen LogP contribution < -0.4 is 5.73 Å². The molecule has 0 aliphatic heterocycles. The SMILES string of the molecule is NCCS(=O)(=O)O.O=NO. The first-order valence-electron chi connectivity index (χ1n) is 2.10. The average molecular weight is 172 g/mol. The first kappa shape index (κ1) is 12.0. The summed E-state index contributed by atoms with van der Waals surface area (Å²) in [5, 5.41) is 7.89. The molecule has 8 heteroatoms. The van der Waals surface area contributed by atoms with Crippen LogP contribution in [0, 0.1) is 4.91 Å². The smallest absolute Gasteiger partial charge is 0.266 e. The number of rotatable bonds is 2. The fourth-order valence-electron chi connectivity index (χ4n) is 0.149. The molecule has 0 saturated heterocycles. The predicted molar refractivity (Wildman–Crippen MR) is 33.1 cm³/mol. The van der Waals surface area contributed by atoms with E-state index in [-0.39, 0.29) is 12.3 Å². The van der Waals surface area contributed by atoms with E-state index >= 15 is 0 Å². The van der Waals surface area contributed by atoms with Gasteiger partial charge in [-0.3, -0.25) is 4.55 Å². The molecule has 0 atom stereocenters. The number of nitrogens with zero attached hydrogens (tertiary/aromatic N) is 1. The van der Waals surface area contributed by atoms with Crippen molar-refractivity contribution in [1.29, 1.82) is 0 Å². The van der Waals surface area contributed by atoms with Gasteiger partial charge in [0.1, 0.15) is 0 Å². The van der Waals surface area contributed by atoms with Crippen LogP contribution >= 0.6 is 0 Å². The summed E-state index contributed by atoms with van der Waals surface area (Å²) in [6, 6.07) is 0. The summed E-state index contributed by atoms with van der Waals surface area (Å²) in [4.78, 5) is 8.11. The first-order valence-corrected chi connectivity index (χ1v) is 3.70. The molecular formula is C2H8N2O5S. The van der Waals surface area contributed by atoms with E-state index in [4.69, 9.17) is 20.4 Å². The molecular weight excluding hydrogens is 164 g/mol. The van der Waals surface area contributed by atoms with E-state index < -0.39 is 10.1 Å². The zero-order valence-corrected chi connectivity index (χ0v) is 5.78. The van der Waals surface area contributed by atoms with E-state index in [1.165, 1.54) is 5.34 Å². The van der Waals surface area contributed by atoms with Gasteiger partial charge in [-0.05, 0) is 0 Å². The van der Waals surface area contributed by atoms with Crippen molar-refractivity contribution >= 4 is 10.1 Å². The van der Waals surface area contributed by atoms with Crippen molar-refractivity contribution in [2.75, 3.05) is 12.3 Å². The topological polar surface area (TPSA) is 130 Å². The molecule has 0 bridgehead atoms. The van der Waals surface area contributed by atoms with Crippen LogP contribution in [-0.4, -0.2) is 30.5 Å². The molecule has 0 amide bonds. The Morgan fingerprint density at radius 3 is 1.80 bits per heavy atom. The van der Waals surface area contributed by atoms with E-state index in [1.807, 2.05) is 0 Å². The molecule has 0 fully saturated rings. The molecule has 0 aliphatic carbocycles. The Hall–Kier alpha value is -0.730. The molecule has 62 valence electrons. The van der Waals surface area contributed by atoms with Crippen molar-refractivity contribution in [2.24, 2.45) is 11.1 Å². The molecule has 0 aromatic heterocycles. The lowest BCUT2D eigenvalue weighted by atomic mass is 10.8. The minimum absolute atomic E-state index is 0.0289. The second kappa shape index (κ2) is 6.39. The Balaban J connectivity index is 0. The largest absolute Gasteiger partial charge is 0.379 e. The predicted octanol–water partition coefficient (Wildman–Crippen LogP) is -1.03. The van der Waals surface area contributed by atoms with Crippen LogP contribution in [0.3, 0.4) is 0 Å². The average Bonchev–Trinajstić information content (AvgIpc) is 1.63. The van der Waals surface area contributed by atoms with Gasteiger partial charge >= 0.3 is 0 Å². The Morgan fingerprint density at radius 2 is 1.80 bits per heavy atom. The van der Waals surface area contributed by atoms with Gasteiger partial charge in [0.2, 0.25) is 0 Å². The molecule has 0 radical (unpaired) electrons. The summed E-state index contributed by atoms with van der Waals surface area (Å²) < 4.78 is 27.3. The van der Waals surface area contributed by atoms with Gasteiger partial charge in [0, 0.05) is 6.54 Å². The quantitative estimate of drug-likeness (QED) is 0.277. The normalized spacial score (nSPS) is 9.40. The third kappa shape index (κ3) is 26.7. The lowest BCUT2D eigenvalue weighted by molar-refractivity contribution is 0.312. The number of hydrogen-bond acceptors (Lipinski definition) is 5. The lowest BCUT2D eigenvalue weighted by Gasteiger charge is -1.86. The molecule has 7 nitrogen and oxygen atoms in total. The van der Waals surface area contributed by atoms with Gasteiger partial charge in [-0.2, -0.15) is 8.42 Å². The summed E-state index contributed by atoms with van der Waals surface area (Å²) in [6.45, 7) is -0.0289. The Kier molecular flexibility index (Phi) is 7.67. The molecule has 0 aromatic carbocycles. The Labute approximate surface area is 57.5 Å². The third-order valence-electron chi connectivity index (χ3n) is 0.376. The maximum atomic E-state index is 9.71. The zero-order chi connectivity index (χ0) is 8.62. The molecule has 0 aliphatic rings. The standard InChI is InChI=1S/C2H7NO3S.HNO2/c3-1-2-7(4,5)6;2-1-3/h1-3H2,(H,4,5,6);(H,2,3). The maximum absolute atomic E-state index is 9.71. The van der Waals surface area contributed by atoms with Crippen molar-refractivity contribution in [1.82, 2.24) is 0 Å². The molecule has 0 rings (SSSR count). The molecule has 0 unspecified atom stereocenters. The van der Waals surface area contributed by atoms with Crippen molar-refractivity contribution in [3.8, 4) is 0 Å². The van der Waals surface area contributed by atoms with Crippen molar-refractivity contribution in [3.63, 3.8) is 0 Å². The summed E-state index contributed by atoms with van der Waals surface area (Å²) in [6.07, 6.45) is 0. The minimum atomic E-state index is -3.80. The van der Waals surface area contributed by atoms with Gasteiger partial charge < -0.3 is 10.9 Å². The molecule has 0 saturated carbocycles.